The van der Waals surface area contributed by atoms with Gasteiger partial charge in [-0.2, -0.15) is 10.4 Å². The summed E-state index contributed by atoms with van der Waals surface area (Å²) in [6.07, 6.45) is 5.59. The number of thiophene rings is 1. The second kappa shape index (κ2) is 9.67. The molecule has 0 atom stereocenters. The van der Waals surface area contributed by atoms with Crippen molar-refractivity contribution in [2.24, 2.45) is 0 Å². The molecule has 4 aromatic heterocycles. The number of nitrogens with zero attached hydrogens (tertiary/aromatic N) is 6. The summed E-state index contributed by atoms with van der Waals surface area (Å²) in [7, 11) is 0. The van der Waals surface area contributed by atoms with Crippen molar-refractivity contribution in [3.8, 4) is 6.07 Å². The molecule has 1 N–H and O–H groups in total. The summed E-state index contributed by atoms with van der Waals surface area (Å²) in [5.41, 5.74) is 4.60. The molecule has 0 fully saturated rings. The first-order valence-corrected chi connectivity index (χ1v) is 13.5. The average Bonchev–Trinajstić information content (AvgIpc) is 3.49. The van der Waals surface area contributed by atoms with Gasteiger partial charge in [0.15, 0.2) is 0 Å². The standard InChI is InChI=1S/C29H27N7O2S/c1-29(2,3)38-28(37)35-11-9-22-24(17-35)39-27-25(22)26(19(13-30)14-32-27)34-20-7-8-23-18(12-20)15-33-36(23)16-21-6-4-5-10-31-21/h4-8,10,12,14-15H,9,11,16-17H2,1-3H3,(H,32,34). The van der Waals surface area contributed by atoms with Gasteiger partial charge in [0.25, 0.3) is 0 Å². The summed E-state index contributed by atoms with van der Waals surface area (Å²) in [5.74, 6) is 0. The number of nitrogens with one attached hydrogen (secondary N) is 1. The third kappa shape index (κ3) is 4.89. The Balaban J connectivity index is 1.31. The summed E-state index contributed by atoms with van der Waals surface area (Å²) in [5, 5.41) is 19.9. The first-order valence-electron chi connectivity index (χ1n) is 12.7. The summed E-state index contributed by atoms with van der Waals surface area (Å²) in [6.45, 7) is 7.21. The van der Waals surface area contributed by atoms with E-state index < -0.39 is 5.60 Å². The molecule has 5 aromatic rings. The summed E-state index contributed by atoms with van der Waals surface area (Å²) in [6, 6.07) is 14.2. The maximum Gasteiger partial charge on any atom is 0.410 e. The van der Waals surface area contributed by atoms with Gasteiger partial charge in [0.05, 0.1) is 41.7 Å². The molecule has 1 aliphatic rings. The highest BCUT2D eigenvalue weighted by Crippen LogP contribution is 2.41. The summed E-state index contributed by atoms with van der Waals surface area (Å²) in [4.78, 5) is 25.3. The Morgan fingerprint density at radius 3 is 2.85 bits per heavy atom. The minimum atomic E-state index is -0.548. The highest BCUT2D eigenvalue weighted by Gasteiger charge is 2.29. The number of benzene rings is 1. The van der Waals surface area contributed by atoms with Crippen LogP contribution in [-0.4, -0.2) is 42.9 Å². The van der Waals surface area contributed by atoms with E-state index in [4.69, 9.17) is 4.74 Å². The van der Waals surface area contributed by atoms with Crippen molar-refractivity contribution in [1.29, 1.82) is 5.26 Å². The van der Waals surface area contributed by atoms with Crippen molar-refractivity contribution in [2.45, 2.75) is 45.9 Å². The molecular weight excluding hydrogens is 510 g/mol. The van der Waals surface area contributed by atoms with Crippen LogP contribution in [0.3, 0.4) is 0 Å². The van der Waals surface area contributed by atoms with Crippen LogP contribution in [0.15, 0.2) is 55.0 Å². The number of rotatable bonds is 4. The number of carbonyl (C=O) groups is 1. The maximum absolute atomic E-state index is 12.7. The van der Waals surface area contributed by atoms with Crippen LogP contribution in [0.1, 0.15) is 42.5 Å². The molecule has 9 nitrogen and oxygen atoms in total. The number of carbonyl (C=O) groups excluding carboxylic acids is 1. The number of nitriles is 1. The molecule has 0 aliphatic carbocycles. The number of ether oxygens (including phenoxy) is 1. The van der Waals surface area contributed by atoms with Crippen molar-refractivity contribution in [2.75, 3.05) is 11.9 Å². The largest absolute Gasteiger partial charge is 0.444 e. The fraction of sp³-hybridized carbons (Fsp3) is 0.276. The van der Waals surface area contributed by atoms with Crippen LogP contribution in [0.25, 0.3) is 21.1 Å². The average molecular weight is 538 g/mol. The second-order valence-corrected chi connectivity index (χ2v) is 11.6. The third-order valence-electron chi connectivity index (χ3n) is 6.59. The number of anilines is 2. The lowest BCUT2D eigenvalue weighted by atomic mass is 10.0. The Morgan fingerprint density at radius 1 is 1.21 bits per heavy atom. The smallest absolute Gasteiger partial charge is 0.410 e. The maximum atomic E-state index is 12.7. The summed E-state index contributed by atoms with van der Waals surface area (Å²) >= 11 is 1.56. The molecule has 10 heteroatoms. The van der Waals surface area contributed by atoms with E-state index in [2.05, 4.69) is 26.5 Å². The molecule has 5 heterocycles. The zero-order chi connectivity index (χ0) is 27.1. The molecule has 0 saturated carbocycles. The van der Waals surface area contributed by atoms with Gasteiger partial charge in [-0.3, -0.25) is 9.67 Å². The minimum Gasteiger partial charge on any atom is -0.444 e. The zero-order valence-corrected chi connectivity index (χ0v) is 22.7. The number of fused-ring (bicyclic) bond motifs is 4. The Morgan fingerprint density at radius 2 is 2.08 bits per heavy atom. The number of pyridine rings is 2. The van der Waals surface area contributed by atoms with E-state index in [9.17, 15) is 10.1 Å². The molecule has 0 saturated heterocycles. The van der Waals surface area contributed by atoms with Gasteiger partial charge in [0.2, 0.25) is 0 Å². The molecule has 1 amide bonds. The Bertz CT molecular complexity index is 1750. The van der Waals surface area contributed by atoms with Crippen LogP contribution >= 0.6 is 11.3 Å². The van der Waals surface area contributed by atoms with Crippen LogP contribution in [-0.2, 0) is 24.2 Å². The van der Waals surface area contributed by atoms with Gasteiger partial charge < -0.3 is 15.0 Å². The molecule has 0 radical (unpaired) electrons. The van der Waals surface area contributed by atoms with Crippen molar-refractivity contribution in [3.63, 3.8) is 0 Å². The molecule has 196 valence electrons. The Kier molecular flexibility index (Phi) is 6.16. The predicted octanol–water partition coefficient (Wildman–Crippen LogP) is 6.00. The van der Waals surface area contributed by atoms with E-state index in [0.29, 0.717) is 31.6 Å². The SMILES string of the molecule is CC(C)(C)OC(=O)N1CCc2c(sc3ncc(C#N)c(Nc4ccc5c(cnn5Cc5ccccn5)c4)c23)C1. The first kappa shape index (κ1) is 24.8. The Labute approximate surface area is 229 Å². The topological polar surface area (TPSA) is 109 Å². The zero-order valence-electron chi connectivity index (χ0n) is 21.9. The van der Waals surface area contributed by atoms with Crippen LogP contribution in [0, 0.1) is 11.3 Å². The quantitative estimate of drug-likeness (QED) is 0.300. The number of hydrogen-bond donors (Lipinski definition) is 1. The molecular formula is C29H27N7O2S. The molecule has 0 bridgehead atoms. The van der Waals surface area contributed by atoms with Crippen molar-refractivity contribution < 1.29 is 9.53 Å². The highest BCUT2D eigenvalue weighted by molar-refractivity contribution is 7.19. The normalized spacial score (nSPS) is 13.3. The molecule has 0 unspecified atom stereocenters. The Hall–Kier alpha value is -4.49. The lowest BCUT2D eigenvalue weighted by Gasteiger charge is -2.30. The molecule has 39 heavy (non-hydrogen) atoms. The van der Waals surface area contributed by atoms with E-state index in [1.165, 1.54) is 0 Å². The molecule has 1 aromatic carbocycles. The van der Waals surface area contributed by atoms with Crippen molar-refractivity contribution >= 4 is 49.9 Å². The molecule has 6 rings (SSSR count). The number of amides is 1. The lowest BCUT2D eigenvalue weighted by Crippen LogP contribution is -2.39. The minimum absolute atomic E-state index is 0.313. The van der Waals surface area contributed by atoms with Crippen LogP contribution in [0.5, 0.6) is 0 Å². The van der Waals surface area contributed by atoms with Gasteiger partial charge in [-0.1, -0.05) is 6.07 Å². The van der Waals surface area contributed by atoms with Gasteiger partial charge in [-0.05, 0) is 63.1 Å². The van der Waals surface area contributed by atoms with Gasteiger partial charge in [0, 0.05) is 40.3 Å². The van der Waals surface area contributed by atoms with E-state index in [1.54, 1.807) is 28.6 Å². The fourth-order valence-corrected chi connectivity index (χ4v) is 6.05. The van der Waals surface area contributed by atoms with Gasteiger partial charge >= 0.3 is 6.09 Å². The summed E-state index contributed by atoms with van der Waals surface area (Å²) < 4.78 is 7.51. The number of aromatic nitrogens is 4. The molecule has 0 spiro atoms. The van der Waals surface area contributed by atoms with Gasteiger partial charge in [-0.25, -0.2) is 9.78 Å². The van der Waals surface area contributed by atoms with E-state index >= 15 is 0 Å². The van der Waals surface area contributed by atoms with Crippen LogP contribution in [0.4, 0.5) is 16.2 Å². The molecule has 1 aliphatic heterocycles. The first-order chi connectivity index (χ1) is 18.8. The van der Waals surface area contributed by atoms with Crippen molar-refractivity contribution in [1.82, 2.24) is 24.6 Å². The van der Waals surface area contributed by atoms with E-state index in [-0.39, 0.29) is 6.09 Å². The van der Waals surface area contributed by atoms with Gasteiger partial charge in [-0.15, -0.1) is 11.3 Å². The highest BCUT2D eigenvalue weighted by atomic mass is 32.1. The predicted molar refractivity (Wildman–Crippen MR) is 151 cm³/mol. The van der Waals surface area contributed by atoms with Crippen molar-refractivity contribution in [3.05, 3.63) is 76.7 Å². The van der Waals surface area contributed by atoms with Crippen LogP contribution in [0.2, 0.25) is 0 Å². The number of hydrogen-bond acceptors (Lipinski definition) is 8. The van der Waals surface area contributed by atoms with Crippen LogP contribution < -0.4 is 5.32 Å². The second-order valence-electron chi connectivity index (χ2n) is 10.5. The van der Waals surface area contributed by atoms with E-state index in [1.807, 2.05) is 68.0 Å². The lowest BCUT2D eigenvalue weighted by molar-refractivity contribution is 0.0227. The van der Waals surface area contributed by atoms with E-state index in [0.717, 1.165) is 48.6 Å². The van der Waals surface area contributed by atoms with Gasteiger partial charge in [0.1, 0.15) is 16.5 Å². The fourth-order valence-electron chi connectivity index (χ4n) is 4.84. The monoisotopic (exact) mass is 537 g/mol. The third-order valence-corrected chi connectivity index (χ3v) is 7.71.